The molecular formula is C7H19NOSi. The Morgan fingerprint density at radius 2 is 2.20 bits per heavy atom. The van der Waals surface area contributed by atoms with Crippen LogP contribution in [-0.4, -0.2) is 23.1 Å². The van der Waals surface area contributed by atoms with Gasteiger partial charge in [-0.1, -0.05) is 6.92 Å². The predicted molar refractivity (Wildman–Crippen MR) is 48.0 cm³/mol. The van der Waals surface area contributed by atoms with Crippen LogP contribution in [0.4, 0.5) is 0 Å². The van der Waals surface area contributed by atoms with Gasteiger partial charge in [-0.05, 0) is 32.2 Å². The maximum atomic E-state index is 5.37. The first-order valence-corrected chi connectivity index (χ1v) is 4.89. The molecular weight excluding hydrogens is 142 g/mol. The highest BCUT2D eigenvalue weighted by molar-refractivity contribution is 5.98. The van der Waals surface area contributed by atoms with Crippen molar-refractivity contribution in [1.82, 2.24) is 0 Å². The third kappa shape index (κ3) is 4.96. The average Bonchev–Trinajstić information content (AvgIpc) is 1.99. The van der Waals surface area contributed by atoms with Crippen LogP contribution in [0.25, 0.3) is 0 Å². The zero-order valence-electron chi connectivity index (χ0n) is 7.10. The van der Waals surface area contributed by atoms with Crippen LogP contribution in [0.5, 0.6) is 0 Å². The van der Waals surface area contributed by atoms with Gasteiger partial charge in [-0.3, -0.25) is 0 Å². The van der Waals surface area contributed by atoms with Crippen molar-refractivity contribution in [2.24, 2.45) is 5.73 Å². The Balaban J connectivity index is 3.09. The molecule has 0 radical (unpaired) electrons. The molecule has 0 spiro atoms. The molecule has 0 bridgehead atoms. The van der Waals surface area contributed by atoms with E-state index in [-0.39, 0.29) is 0 Å². The van der Waals surface area contributed by atoms with E-state index in [2.05, 4.69) is 6.92 Å². The van der Waals surface area contributed by atoms with Crippen LogP contribution in [0.1, 0.15) is 32.6 Å². The molecule has 3 heteroatoms. The Bertz CT molecular complexity index is 66.6. The summed E-state index contributed by atoms with van der Waals surface area (Å²) in [5, 5.41) is 0. The average molecular weight is 161 g/mol. The molecule has 1 unspecified atom stereocenters. The van der Waals surface area contributed by atoms with E-state index in [9.17, 15) is 0 Å². The van der Waals surface area contributed by atoms with Gasteiger partial charge < -0.3 is 10.2 Å². The van der Waals surface area contributed by atoms with Crippen molar-refractivity contribution in [3.8, 4) is 0 Å². The summed E-state index contributed by atoms with van der Waals surface area (Å²) in [7, 11) is 0.869. The Morgan fingerprint density at radius 3 is 2.60 bits per heavy atom. The summed E-state index contributed by atoms with van der Waals surface area (Å²) < 4.78 is 5.34. The van der Waals surface area contributed by atoms with E-state index >= 15 is 0 Å². The largest absolute Gasteiger partial charge is 0.425 e. The van der Waals surface area contributed by atoms with Crippen LogP contribution in [0.2, 0.25) is 0 Å². The van der Waals surface area contributed by atoms with Crippen LogP contribution < -0.4 is 5.73 Å². The summed E-state index contributed by atoms with van der Waals surface area (Å²) >= 11 is 0. The van der Waals surface area contributed by atoms with E-state index < -0.39 is 0 Å². The van der Waals surface area contributed by atoms with Crippen molar-refractivity contribution < 1.29 is 4.43 Å². The van der Waals surface area contributed by atoms with E-state index in [4.69, 9.17) is 10.2 Å². The quantitative estimate of drug-likeness (QED) is 0.446. The minimum absolute atomic E-state index is 0.512. The molecule has 0 saturated heterocycles. The third-order valence-electron chi connectivity index (χ3n) is 1.77. The minimum Gasteiger partial charge on any atom is -0.425 e. The van der Waals surface area contributed by atoms with Gasteiger partial charge >= 0.3 is 0 Å². The second-order valence-corrected chi connectivity index (χ2v) is 3.02. The summed E-state index contributed by atoms with van der Waals surface area (Å²) in [6.07, 6.45) is 5.21. The molecule has 2 nitrogen and oxygen atoms in total. The minimum atomic E-state index is 0.512. The predicted octanol–water partition coefficient (Wildman–Crippen LogP) is 0.191. The molecule has 62 valence electrons. The van der Waals surface area contributed by atoms with Gasteiger partial charge in [-0.25, -0.2) is 0 Å². The first-order chi connectivity index (χ1) is 4.85. The molecule has 0 aromatic carbocycles. The zero-order chi connectivity index (χ0) is 7.82. The van der Waals surface area contributed by atoms with Crippen molar-refractivity contribution in [3.05, 3.63) is 0 Å². The normalized spacial score (nSPS) is 13.8. The van der Waals surface area contributed by atoms with Crippen molar-refractivity contribution in [1.29, 1.82) is 0 Å². The lowest BCUT2D eigenvalue weighted by Gasteiger charge is -2.12. The zero-order valence-corrected chi connectivity index (χ0v) is 9.10. The van der Waals surface area contributed by atoms with Gasteiger partial charge in [0.2, 0.25) is 0 Å². The standard InChI is InChI=1S/C7H19NOSi/c1-2-7(9-10)5-3-4-6-8/h7H,2-6,8H2,1,10H3. The van der Waals surface area contributed by atoms with Gasteiger partial charge in [0.1, 0.15) is 10.5 Å². The highest BCUT2D eigenvalue weighted by atomic mass is 28.2. The third-order valence-corrected chi connectivity index (χ3v) is 2.44. The van der Waals surface area contributed by atoms with Gasteiger partial charge in [0.25, 0.3) is 0 Å². The molecule has 0 aromatic heterocycles. The molecule has 0 aliphatic rings. The molecule has 2 N–H and O–H groups in total. The molecule has 0 aliphatic heterocycles. The van der Waals surface area contributed by atoms with Crippen molar-refractivity contribution >= 4 is 10.5 Å². The van der Waals surface area contributed by atoms with Crippen LogP contribution >= 0.6 is 0 Å². The molecule has 1 atom stereocenters. The number of nitrogens with two attached hydrogens (primary N) is 1. The topological polar surface area (TPSA) is 35.2 Å². The Kier molecular flexibility index (Phi) is 7.35. The van der Waals surface area contributed by atoms with Gasteiger partial charge in [0, 0.05) is 6.10 Å². The van der Waals surface area contributed by atoms with Crippen LogP contribution in [0.15, 0.2) is 0 Å². The molecule has 0 fully saturated rings. The SMILES string of the molecule is CCC(CCCCN)O[SiH3]. The Morgan fingerprint density at radius 1 is 1.50 bits per heavy atom. The lowest BCUT2D eigenvalue weighted by Crippen LogP contribution is -2.10. The fourth-order valence-corrected chi connectivity index (χ4v) is 1.57. The first-order valence-electron chi connectivity index (χ1n) is 4.08. The molecule has 10 heavy (non-hydrogen) atoms. The van der Waals surface area contributed by atoms with E-state index in [1.165, 1.54) is 12.8 Å². The maximum absolute atomic E-state index is 5.37. The van der Waals surface area contributed by atoms with E-state index in [0.717, 1.165) is 29.9 Å². The smallest absolute Gasteiger partial charge is 0.146 e. The lowest BCUT2D eigenvalue weighted by atomic mass is 10.1. The first kappa shape index (κ1) is 10.1. The fraction of sp³-hybridized carbons (Fsp3) is 1.00. The second kappa shape index (κ2) is 7.25. The highest BCUT2D eigenvalue weighted by Crippen LogP contribution is 2.05. The van der Waals surface area contributed by atoms with Crippen molar-refractivity contribution in [2.75, 3.05) is 6.54 Å². The Labute approximate surface area is 66.7 Å². The monoisotopic (exact) mass is 161 g/mol. The van der Waals surface area contributed by atoms with Gasteiger partial charge in [-0.15, -0.1) is 0 Å². The van der Waals surface area contributed by atoms with Gasteiger partial charge in [-0.2, -0.15) is 0 Å². The summed E-state index contributed by atoms with van der Waals surface area (Å²) in [5.41, 5.74) is 5.37. The maximum Gasteiger partial charge on any atom is 0.146 e. The van der Waals surface area contributed by atoms with Crippen molar-refractivity contribution in [2.45, 2.75) is 38.7 Å². The molecule has 0 heterocycles. The Hall–Kier alpha value is 0.137. The lowest BCUT2D eigenvalue weighted by molar-refractivity contribution is 0.201. The number of hydrogen-bond acceptors (Lipinski definition) is 2. The van der Waals surface area contributed by atoms with Crippen LogP contribution in [0, 0.1) is 0 Å². The van der Waals surface area contributed by atoms with Crippen LogP contribution in [-0.2, 0) is 4.43 Å². The number of unbranched alkanes of at least 4 members (excludes halogenated alkanes) is 1. The van der Waals surface area contributed by atoms with Crippen molar-refractivity contribution in [3.63, 3.8) is 0 Å². The highest BCUT2D eigenvalue weighted by Gasteiger charge is 2.01. The van der Waals surface area contributed by atoms with Gasteiger partial charge in [0.05, 0.1) is 0 Å². The molecule has 0 aromatic rings. The second-order valence-electron chi connectivity index (χ2n) is 2.55. The molecule has 0 amide bonds. The molecule has 0 saturated carbocycles. The number of hydrogen-bond donors (Lipinski definition) is 1. The van der Waals surface area contributed by atoms with E-state index in [1.807, 2.05) is 0 Å². The summed E-state index contributed by atoms with van der Waals surface area (Å²) in [6, 6.07) is 0. The molecule has 0 rings (SSSR count). The van der Waals surface area contributed by atoms with E-state index in [0.29, 0.717) is 6.10 Å². The summed E-state index contributed by atoms with van der Waals surface area (Å²) in [6.45, 7) is 2.99. The fourth-order valence-electron chi connectivity index (χ4n) is 1.00. The van der Waals surface area contributed by atoms with Crippen LogP contribution in [0.3, 0.4) is 0 Å². The summed E-state index contributed by atoms with van der Waals surface area (Å²) in [5.74, 6) is 0. The van der Waals surface area contributed by atoms with Gasteiger partial charge in [0.15, 0.2) is 0 Å². The molecule has 0 aliphatic carbocycles. The number of rotatable bonds is 6. The summed E-state index contributed by atoms with van der Waals surface area (Å²) in [4.78, 5) is 0. The van der Waals surface area contributed by atoms with E-state index in [1.54, 1.807) is 0 Å².